The summed E-state index contributed by atoms with van der Waals surface area (Å²) in [6.45, 7) is 1.48. The lowest BCUT2D eigenvalue weighted by atomic mass is 10.1. The second kappa shape index (κ2) is 6.15. The Bertz CT molecular complexity index is 410. The Balaban J connectivity index is 3.04. The van der Waals surface area contributed by atoms with Crippen LogP contribution in [0.2, 0.25) is 0 Å². The molecule has 0 aliphatic rings. The van der Waals surface area contributed by atoms with Crippen LogP contribution in [0, 0.1) is 11.6 Å². The molecule has 2 N–H and O–H groups in total. The van der Waals surface area contributed by atoms with E-state index in [-0.39, 0.29) is 25.5 Å². The third-order valence-electron chi connectivity index (χ3n) is 1.98. The van der Waals surface area contributed by atoms with E-state index in [4.69, 9.17) is 9.84 Å². The molecule has 0 aliphatic heterocycles. The minimum Gasteiger partial charge on any atom is -0.491 e. The van der Waals surface area contributed by atoms with Crippen molar-refractivity contribution >= 4 is 5.91 Å². The van der Waals surface area contributed by atoms with Gasteiger partial charge in [-0.2, -0.15) is 0 Å². The van der Waals surface area contributed by atoms with Gasteiger partial charge < -0.3 is 15.2 Å². The zero-order valence-electron chi connectivity index (χ0n) is 9.30. The van der Waals surface area contributed by atoms with E-state index in [0.29, 0.717) is 0 Å². The maximum atomic E-state index is 13.7. The van der Waals surface area contributed by atoms with Gasteiger partial charge in [-0.15, -0.1) is 0 Å². The summed E-state index contributed by atoms with van der Waals surface area (Å²) in [6.07, 6.45) is 0. The molecule has 0 aliphatic carbocycles. The quantitative estimate of drug-likeness (QED) is 0.816. The molecule has 1 amide bonds. The molecular weight excluding hydrogens is 232 g/mol. The molecule has 0 spiro atoms. The molecule has 0 radical (unpaired) electrons. The Morgan fingerprint density at radius 2 is 2.18 bits per heavy atom. The summed E-state index contributed by atoms with van der Waals surface area (Å²) in [7, 11) is 0. The number of aliphatic hydroxyl groups is 1. The number of carbonyl (C=O) groups excluding carboxylic acids is 1. The number of hydrogen-bond donors (Lipinski definition) is 2. The van der Waals surface area contributed by atoms with E-state index in [0.717, 1.165) is 12.1 Å². The van der Waals surface area contributed by atoms with Crippen LogP contribution in [0.1, 0.15) is 17.3 Å². The van der Waals surface area contributed by atoms with Crippen molar-refractivity contribution in [3.63, 3.8) is 0 Å². The van der Waals surface area contributed by atoms with E-state index >= 15 is 0 Å². The summed E-state index contributed by atoms with van der Waals surface area (Å²) in [4.78, 5) is 11.4. The second-order valence-electron chi connectivity index (χ2n) is 3.15. The van der Waals surface area contributed by atoms with Crippen LogP contribution in [0.3, 0.4) is 0 Å². The van der Waals surface area contributed by atoms with Gasteiger partial charge in [-0.05, 0) is 19.1 Å². The number of hydrogen-bond acceptors (Lipinski definition) is 3. The zero-order chi connectivity index (χ0) is 12.8. The number of amides is 1. The fraction of sp³-hybridized carbons (Fsp3) is 0.364. The minimum atomic E-state index is -1.04. The Morgan fingerprint density at radius 1 is 1.47 bits per heavy atom. The van der Waals surface area contributed by atoms with Crippen LogP contribution in [0.25, 0.3) is 0 Å². The number of halogens is 2. The van der Waals surface area contributed by atoms with Gasteiger partial charge >= 0.3 is 0 Å². The lowest BCUT2D eigenvalue weighted by Gasteiger charge is -2.09. The lowest BCUT2D eigenvalue weighted by Crippen LogP contribution is -2.28. The van der Waals surface area contributed by atoms with Gasteiger partial charge in [0.15, 0.2) is 11.6 Å². The third kappa shape index (κ3) is 3.13. The monoisotopic (exact) mass is 245 g/mol. The zero-order valence-corrected chi connectivity index (χ0v) is 9.30. The molecule has 0 fully saturated rings. The Labute approximate surface area is 97.2 Å². The summed E-state index contributed by atoms with van der Waals surface area (Å²) in [5.41, 5.74) is -0.704. The highest BCUT2D eigenvalue weighted by molar-refractivity contribution is 5.95. The van der Waals surface area contributed by atoms with Crippen molar-refractivity contribution in [3.05, 3.63) is 29.3 Å². The first-order chi connectivity index (χ1) is 8.11. The third-order valence-corrected chi connectivity index (χ3v) is 1.98. The van der Waals surface area contributed by atoms with Crippen molar-refractivity contribution in [1.29, 1.82) is 0 Å². The standard InChI is InChI=1S/C11H13F2NO3/c1-2-17-8-4-3-7(12)9(10(8)13)11(16)14-5-6-15/h3-4,15H,2,5-6H2,1H3,(H,14,16). The van der Waals surface area contributed by atoms with E-state index in [1.807, 2.05) is 0 Å². The molecule has 0 atom stereocenters. The van der Waals surface area contributed by atoms with Gasteiger partial charge in [-0.1, -0.05) is 0 Å². The predicted octanol–water partition coefficient (Wildman–Crippen LogP) is 1.09. The first kappa shape index (κ1) is 13.4. The molecule has 0 aromatic heterocycles. The van der Waals surface area contributed by atoms with Gasteiger partial charge in [0.25, 0.3) is 5.91 Å². The van der Waals surface area contributed by atoms with Crippen molar-refractivity contribution in [2.75, 3.05) is 19.8 Å². The predicted molar refractivity (Wildman–Crippen MR) is 56.9 cm³/mol. The summed E-state index contributed by atoms with van der Waals surface area (Å²) in [5, 5.41) is 10.7. The van der Waals surface area contributed by atoms with Crippen LogP contribution in [0.4, 0.5) is 8.78 Å². The molecule has 94 valence electrons. The van der Waals surface area contributed by atoms with Crippen molar-refractivity contribution in [3.8, 4) is 5.75 Å². The highest BCUT2D eigenvalue weighted by Gasteiger charge is 2.20. The Hall–Kier alpha value is -1.69. The maximum absolute atomic E-state index is 13.7. The SMILES string of the molecule is CCOc1ccc(F)c(C(=O)NCCO)c1F. The van der Waals surface area contributed by atoms with Crippen LogP contribution in [-0.4, -0.2) is 30.8 Å². The van der Waals surface area contributed by atoms with E-state index in [9.17, 15) is 13.6 Å². The molecule has 0 heterocycles. The number of carbonyl (C=O) groups is 1. The van der Waals surface area contributed by atoms with Crippen molar-refractivity contribution in [2.45, 2.75) is 6.92 Å². The fourth-order valence-electron chi connectivity index (χ4n) is 1.27. The number of rotatable bonds is 5. The van der Waals surface area contributed by atoms with E-state index < -0.39 is 23.1 Å². The highest BCUT2D eigenvalue weighted by Crippen LogP contribution is 2.23. The Morgan fingerprint density at radius 3 is 2.76 bits per heavy atom. The normalized spacial score (nSPS) is 10.1. The number of aliphatic hydroxyl groups excluding tert-OH is 1. The van der Waals surface area contributed by atoms with E-state index in [1.165, 1.54) is 0 Å². The van der Waals surface area contributed by atoms with Gasteiger partial charge in [0.05, 0.1) is 13.2 Å². The smallest absolute Gasteiger partial charge is 0.257 e. The highest BCUT2D eigenvalue weighted by atomic mass is 19.1. The summed E-state index contributed by atoms with van der Waals surface area (Å²) in [6, 6.07) is 2.08. The largest absolute Gasteiger partial charge is 0.491 e. The summed E-state index contributed by atoms with van der Waals surface area (Å²) in [5.74, 6) is -3.11. The Kier molecular flexibility index (Phi) is 4.84. The average Bonchev–Trinajstić information content (AvgIpc) is 2.30. The minimum absolute atomic E-state index is 0.0728. The molecule has 1 aromatic carbocycles. The van der Waals surface area contributed by atoms with Crippen LogP contribution in [0.15, 0.2) is 12.1 Å². The van der Waals surface area contributed by atoms with Crippen LogP contribution in [-0.2, 0) is 0 Å². The van der Waals surface area contributed by atoms with Gasteiger partial charge in [0.2, 0.25) is 0 Å². The van der Waals surface area contributed by atoms with Crippen LogP contribution < -0.4 is 10.1 Å². The van der Waals surface area contributed by atoms with Gasteiger partial charge in [0.1, 0.15) is 11.4 Å². The molecule has 1 rings (SSSR count). The van der Waals surface area contributed by atoms with E-state index in [1.54, 1.807) is 6.92 Å². The molecule has 1 aromatic rings. The first-order valence-corrected chi connectivity index (χ1v) is 5.11. The van der Waals surface area contributed by atoms with Gasteiger partial charge in [-0.25, -0.2) is 8.78 Å². The molecule has 17 heavy (non-hydrogen) atoms. The molecular formula is C11H13F2NO3. The van der Waals surface area contributed by atoms with Crippen molar-refractivity contribution < 1.29 is 23.4 Å². The topological polar surface area (TPSA) is 58.6 Å². The number of ether oxygens (including phenoxy) is 1. The maximum Gasteiger partial charge on any atom is 0.257 e. The van der Waals surface area contributed by atoms with Crippen molar-refractivity contribution in [1.82, 2.24) is 5.32 Å². The molecule has 6 heteroatoms. The van der Waals surface area contributed by atoms with Gasteiger partial charge in [0, 0.05) is 6.54 Å². The number of benzene rings is 1. The average molecular weight is 245 g/mol. The molecule has 0 saturated carbocycles. The first-order valence-electron chi connectivity index (χ1n) is 5.11. The van der Waals surface area contributed by atoms with Gasteiger partial charge in [-0.3, -0.25) is 4.79 Å². The second-order valence-corrected chi connectivity index (χ2v) is 3.15. The molecule has 4 nitrogen and oxygen atoms in total. The lowest BCUT2D eigenvalue weighted by molar-refractivity contribution is 0.0935. The van der Waals surface area contributed by atoms with Crippen LogP contribution >= 0.6 is 0 Å². The molecule has 0 saturated heterocycles. The fourth-order valence-corrected chi connectivity index (χ4v) is 1.27. The summed E-state index contributed by atoms with van der Waals surface area (Å²) < 4.78 is 32.0. The van der Waals surface area contributed by atoms with E-state index in [2.05, 4.69) is 5.32 Å². The number of nitrogens with one attached hydrogen (secondary N) is 1. The molecule has 0 bridgehead atoms. The van der Waals surface area contributed by atoms with Crippen LogP contribution in [0.5, 0.6) is 5.75 Å². The molecule has 0 unspecified atom stereocenters. The summed E-state index contributed by atoms with van der Waals surface area (Å²) >= 11 is 0. The van der Waals surface area contributed by atoms with Crippen molar-refractivity contribution in [2.24, 2.45) is 0 Å².